The van der Waals surface area contributed by atoms with Gasteiger partial charge in [-0.2, -0.15) is 0 Å². The maximum absolute atomic E-state index is 11.3. The van der Waals surface area contributed by atoms with E-state index in [-0.39, 0.29) is 6.42 Å². The third-order valence-corrected chi connectivity index (χ3v) is 5.03. The Labute approximate surface area is 180 Å². The molecule has 0 aliphatic carbocycles. The van der Waals surface area contributed by atoms with Crippen LogP contribution in [0.4, 0.5) is 0 Å². The van der Waals surface area contributed by atoms with Crippen LogP contribution < -0.4 is 5.73 Å². The summed E-state index contributed by atoms with van der Waals surface area (Å²) in [6, 6.07) is 19.8. The molecule has 5 heteroatoms. The second kappa shape index (κ2) is 9.69. The number of aliphatic carboxylic acids is 2. The Morgan fingerprint density at radius 1 is 0.871 bits per heavy atom. The molecule has 3 aromatic carbocycles. The normalized spacial score (nSPS) is 11.9. The van der Waals surface area contributed by atoms with Gasteiger partial charge in [-0.3, -0.25) is 4.79 Å². The summed E-state index contributed by atoms with van der Waals surface area (Å²) >= 11 is 0. The Bertz CT molecular complexity index is 1160. The van der Waals surface area contributed by atoms with Gasteiger partial charge < -0.3 is 15.9 Å². The third-order valence-electron chi connectivity index (χ3n) is 5.03. The van der Waals surface area contributed by atoms with Crippen molar-refractivity contribution < 1.29 is 19.8 Å². The van der Waals surface area contributed by atoms with Crippen LogP contribution in [0.5, 0.6) is 0 Å². The molecule has 0 amide bonds. The number of benzene rings is 3. The molecule has 1 unspecified atom stereocenters. The number of nitrogens with two attached hydrogens (primary N) is 1. The van der Waals surface area contributed by atoms with Crippen LogP contribution in [0.1, 0.15) is 16.7 Å². The highest BCUT2D eigenvalue weighted by molar-refractivity contribution is 5.94. The van der Waals surface area contributed by atoms with E-state index in [1.54, 1.807) is 12.2 Å². The molecule has 5 nitrogen and oxygen atoms in total. The van der Waals surface area contributed by atoms with E-state index in [1.165, 1.54) is 0 Å². The van der Waals surface area contributed by atoms with Gasteiger partial charge in [-0.1, -0.05) is 79.4 Å². The zero-order valence-electron chi connectivity index (χ0n) is 16.9. The minimum atomic E-state index is -1.07. The molecular weight excluding hydrogens is 390 g/mol. The average molecular weight is 413 g/mol. The lowest BCUT2D eigenvalue weighted by Gasteiger charge is -2.18. The van der Waals surface area contributed by atoms with Crippen LogP contribution in [0.3, 0.4) is 0 Å². The number of carbonyl (C=O) groups is 2. The Morgan fingerprint density at radius 3 is 2.10 bits per heavy atom. The molecule has 4 N–H and O–H groups in total. The van der Waals surface area contributed by atoms with Crippen molar-refractivity contribution in [2.45, 2.75) is 12.5 Å². The molecule has 0 saturated heterocycles. The van der Waals surface area contributed by atoms with Crippen molar-refractivity contribution in [3.8, 4) is 22.3 Å². The molecule has 3 rings (SSSR count). The molecule has 0 radical (unpaired) electrons. The topological polar surface area (TPSA) is 101 Å². The fourth-order valence-electron chi connectivity index (χ4n) is 3.57. The van der Waals surface area contributed by atoms with Crippen molar-refractivity contribution in [3.05, 3.63) is 96.1 Å². The van der Waals surface area contributed by atoms with Crippen molar-refractivity contribution in [3.63, 3.8) is 0 Å². The molecule has 1 atom stereocenters. The van der Waals surface area contributed by atoms with Crippen LogP contribution in [0.25, 0.3) is 34.4 Å². The number of carboxylic acid groups (broad SMARTS) is 2. The second-order valence-electron chi connectivity index (χ2n) is 7.04. The van der Waals surface area contributed by atoms with Gasteiger partial charge in [-0.15, -0.1) is 0 Å². The standard InChI is InChI=1S/C26H23NO4/c1-2-17-8-3-5-10-19(17)21-12-7-13-22(23(21)14-15-25(28)29)20-11-6-4-9-18(20)16-24(27)26(30)31/h2-15,24H,1,16,27H2,(H,28,29)(H,30,31). The maximum atomic E-state index is 11.3. The maximum Gasteiger partial charge on any atom is 0.328 e. The van der Waals surface area contributed by atoms with Crippen molar-refractivity contribution in [1.82, 2.24) is 0 Å². The second-order valence-corrected chi connectivity index (χ2v) is 7.04. The smallest absolute Gasteiger partial charge is 0.328 e. The van der Waals surface area contributed by atoms with E-state index in [1.807, 2.05) is 66.7 Å². The first-order valence-corrected chi connectivity index (χ1v) is 9.75. The summed E-state index contributed by atoms with van der Waals surface area (Å²) in [5, 5.41) is 18.5. The fraction of sp³-hybridized carbons (Fsp3) is 0.0769. The minimum Gasteiger partial charge on any atom is -0.480 e. The van der Waals surface area contributed by atoms with E-state index in [0.717, 1.165) is 45.0 Å². The van der Waals surface area contributed by atoms with E-state index in [2.05, 4.69) is 6.58 Å². The van der Waals surface area contributed by atoms with E-state index in [0.29, 0.717) is 0 Å². The molecule has 0 fully saturated rings. The third kappa shape index (κ3) is 4.97. The first-order valence-electron chi connectivity index (χ1n) is 9.75. The molecule has 0 spiro atoms. The van der Waals surface area contributed by atoms with E-state index < -0.39 is 18.0 Å². The molecule has 31 heavy (non-hydrogen) atoms. The predicted octanol–water partition coefficient (Wildman–Crippen LogP) is 4.72. The summed E-state index contributed by atoms with van der Waals surface area (Å²) in [7, 11) is 0. The Kier molecular flexibility index (Phi) is 6.80. The quantitative estimate of drug-likeness (QED) is 0.464. The lowest BCUT2D eigenvalue weighted by atomic mass is 9.87. The Hall–Kier alpha value is -3.96. The van der Waals surface area contributed by atoms with Gasteiger partial charge in [-0.25, -0.2) is 4.79 Å². The van der Waals surface area contributed by atoms with E-state index >= 15 is 0 Å². The molecular formula is C26H23NO4. The fourth-order valence-corrected chi connectivity index (χ4v) is 3.57. The van der Waals surface area contributed by atoms with Crippen LogP contribution in [-0.4, -0.2) is 28.2 Å². The number of hydrogen-bond acceptors (Lipinski definition) is 3. The van der Waals surface area contributed by atoms with Crippen LogP contribution in [0, 0.1) is 0 Å². The SMILES string of the molecule is C=Cc1ccccc1-c1cccc(-c2ccccc2CC(N)C(=O)O)c1C=CC(=O)O. The molecule has 156 valence electrons. The lowest BCUT2D eigenvalue weighted by molar-refractivity contribution is -0.138. The summed E-state index contributed by atoms with van der Waals surface area (Å²) < 4.78 is 0. The molecule has 0 heterocycles. The summed E-state index contributed by atoms with van der Waals surface area (Å²) in [6.45, 7) is 3.88. The molecule has 0 aromatic heterocycles. The first kappa shape index (κ1) is 21.7. The monoisotopic (exact) mass is 413 g/mol. The van der Waals surface area contributed by atoms with Crippen molar-refractivity contribution in [2.75, 3.05) is 0 Å². The lowest BCUT2D eigenvalue weighted by Crippen LogP contribution is -2.32. The van der Waals surface area contributed by atoms with Gasteiger partial charge in [-0.05, 0) is 51.4 Å². The molecule has 3 aromatic rings. The largest absolute Gasteiger partial charge is 0.480 e. The minimum absolute atomic E-state index is 0.154. The highest BCUT2D eigenvalue weighted by atomic mass is 16.4. The average Bonchev–Trinajstić information content (AvgIpc) is 2.77. The van der Waals surface area contributed by atoms with E-state index in [4.69, 9.17) is 5.73 Å². The number of hydrogen-bond donors (Lipinski definition) is 3. The van der Waals surface area contributed by atoms with Gasteiger partial charge in [0.25, 0.3) is 0 Å². The van der Waals surface area contributed by atoms with Crippen molar-refractivity contribution in [1.29, 1.82) is 0 Å². The summed E-state index contributed by atoms with van der Waals surface area (Å²) in [5.74, 6) is -2.13. The number of carboxylic acids is 2. The summed E-state index contributed by atoms with van der Waals surface area (Å²) in [4.78, 5) is 22.6. The van der Waals surface area contributed by atoms with Gasteiger partial charge >= 0.3 is 11.9 Å². The highest BCUT2D eigenvalue weighted by Crippen LogP contribution is 2.37. The highest BCUT2D eigenvalue weighted by Gasteiger charge is 2.18. The Balaban J connectivity index is 2.26. The summed E-state index contributed by atoms with van der Waals surface area (Å²) in [5.41, 5.74) is 11.6. The van der Waals surface area contributed by atoms with Gasteiger partial charge in [0.05, 0.1) is 0 Å². The van der Waals surface area contributed by atoms with Crippen LogP contribution in [0.2, 0.25) is 0 Å². The summed E-state index contributed by atoms with van der Waals surface area (Å²) in [6.07, 6.45) is 4.58. The first-order chi connectivity index (χ1) is 14.9. The molecule has 0 bridgehead atoms. The van der Waals surface area contributed by atoms with Gasteiger partial charge in [0, 0.05) is 6.08 Å². The van der Waals surface area contributed by atoms with Crippen molar-refractivity contribution >= 4 is 24.1 Å². The number of rotatable bonds is 8. The predicted molar refractivity (Wildman–Crippen MR) is 123 cm³/mol. The zero-order valence-corrected chi connectivity index (χ0v) is 16.9. The Morgan fingerprint density at radius 2 is 1.45 bits per heavy atom. The van der Waals surface area contributed by atoms with Crippen molar-refractivity contribution in [2.24, 2.45) is 5.73 Å². The van der Waals surface area contributed by atoms with Gasteiger partial charge in [0.15, 0.2) is 0 Å². The van der Waals surface area contributed by atoms with Crippen LogP contribution in [-0.2, 0) is 16.0 Å². The zero-order chi connectivity index (χ0) is 22.4. The molecule has 0 aliphatic heterocycles. The van der Waals surface area contributed by atoms with Crippen LogP contribution >= 0.6 is 0 Å². The van der Waals surface area contributed by atoms with Crippen LogP contribution in [0.15, 0.2) is 79.4 Å². The molecule has 0 aliphatic rings. The molecule has 0 saturated carbocycles. The van der Waals surface area contributed by atoms with E-state index in [9.17, 15) is 19.8 Å². The van der Waals surface area contributed by atoms with Gasteiger partial charge in [0.2, 0.25) is 0 Å². The van der Waals surface area contributed by atoms with Gasteiger partial charge in [0.1, 0.15) is 6.04 Å².